The summed E-state index contributed by atoms with van der Waals surface area (Å²) in [6.45, 7) is 3.58. The molecule has 0 aliphatic rings. The average molecular weight is 322 g/mol. The van der Waals surface area contributed by atoms with Crippen molar-refractivity contribution in [3.63, 3.8) is 0 Å². The van der Waals surface area contributed by atoms with Crippen LogP contribution in [-0.4, -0.2) is 12.6 Å². The molecule has 0 aliphatic carbocycles. The molecule has 0 aliphatic heterocycles. The third kappa shape index (κ3) is 3.69. The maximum absolute atomic E-state index is 5.52. The van der Waals surface area contributed by atoms with E-state index < -0.39 is 0 Å². The van der Waals surface area contributed by atoms with Crippen LogP contribution in [0.1, 0.15) is 12.5 Å². The van der Waals surface area contributed by atoms with Crippen LogP contribution in [-0.2, 0) is 6.54 Å². The van der Waals surface area contributed by atoms with Gasteiger partial charge < -0.3 is 11.1 Å². The first kappa shape index (κ1) is 12.2. The summed E-state index contributed by atoms with van der Waals surface area (Å²) in [6.07, 6.45) is 0. The van der Waals surface area contributed by atoms with Gasteiger partial charge in [-0.3, -0.25) is 0 Å². The number of halogens is 2. The van der Waals surface area contributed by atoms with Gasteiger partial charge in [0.1, 0.15) is 0 Å². The fourth-order valence-corrected chi connectivity index (χ4v) is 2.22. The van der Waals surface area contributed by atoms with Crippen molar-refractivity contribution in [1.29, 1.82) is 0 Å². The Labute approximate surface area is 102 Å². The fraction of sp³-hybridized carbons (Fsp3) is 0.400. The predicted octanol–water partition coefficient (Wildman–Crippen LogP) is 2.65. The quantitative estimate of drug-likeness (QED) is 0.894. The molecule has 0 heterocycles. The molecule has 14 heavy (non-hydrogen) atoms. The number of nitrogens with one attached hydrogen (secondary N) is 1. The van der Waals surface area contributed by atoms with Gasteiger partial charge in [0.05, 0.1) is 0 Å². The molecular weight excluding hydrogens is 308 g/mol. The van der Waals surface area contributed by atoms with Crippen LogP contribution in [0.5, 0.6) is 0 Å². The average Bonchev–Trinajstić information content (AvgIpc) is 2.16. The molecule has 2 nitrogen and oxygen atoms in total. The highest BCUT2D eigenvalue weighted by molar-refractivity contribution is 9.11. The Morgan fingerprint density at radius 1 is 1.43 bits per heavy atom. The Morgan fingerprint density at radius 3 is 2.71 bits per heavy atom. The normalized spacial score (nSPS) is 12.9. The number of benzene rings is 1. The van der Waals surface area contributed by atoms with Gasteiger partial charge in [-0.1, -0.05) is 37.9 Å². The lowest BCUT2D eigenvalue weighted by Crippen LogP contribution is -2.32. The molecule has 0 aromatic heterocycles. The number of nitrogens with two attached hydrogens (primary N) is 1. The zero-order chi connectivity index (χ0) is 10.6. The summed E-state index contributed by atoms with van der Waals surface area (Å²) in [5.41, 5.74) is 6.76. The number of rotatable bonds is 4. The van der Waals surface area contributed by atoms with E-state index in [0.717, 1.165) is 15.5 Å². The summed E-state index contributed by atoms with van der Waals surface area (Å²) in [5.74, 6) is 0. The topological polar surface area (TPSA) is 38.0 Å². The molecule has 0 fully saturated rings. The van der Waals surface area contributed by atoms with E-state index in [0.29, 0.717) is 12.6 Å². The lowest BCUT2D eigenvalue weighted by molar-refractivity contribution is 0.555. The largest absolute Gasteiger partial charge is 0.329 e. The molecule has 0 radical (unpaired) electrons. The Kier molecular flexibility index (Phi) is 5.09. The van der Waals surface area contributed by atoms with E-state index in [-0.39, 0.29) is 0 Å². The minimum Gasteiger partial charge on any atom is -0.329 e. The van der Waals surface area contributed by atoms with Crippen LogP contribution >= 0.6 is 31.9 Å². The number of hydrogen-bond acceptors (Lipinski definition) is 2. The summed E-state index contributed by atoms with van der Waals surface area (Å²) >= 11 is 6.94. The Hall–Kier alpha value is 0.1000. The standard InChI is InChI=1S/C10H14Br2N2/c1-7(5-13)14-6-8-2-3-9(11)4-10(8)12/h2-4,7,14H,5-6,13H2,1H3. The van der Waals surface area contributed by atoms with Crippen molar-refractivity contribution in [3.8, 4) is 0 Å². The second-order valence-electron chi connectivity index (χ2n) is 3.25. The fourth-order valence-electron chi connectivity index (χ4n) is 1.03. The van der Waals surface area contributed by atoms with Gasteiger partial charge in [0.2, 0.25) is 0 Å². The monoisotopic (exact) mass is 320 g/mol. The highest BCUT2D eigenvalue weighted by atomic mass is 79.9. The second-order valence-corrected chi connectivity index (χ2v) is 5.02. The van der Waals surface area contributed by atoms with Crippen molar-refractivity contribution in [2.75, 3.05) is 6.54 Å². The summed E-state index contributed by atoms with van der Waals surface area (Å²) in [5, 5.41) is 3.34. The molecular formula is C10H14Br2N2. The summed E-state index contributed by atoms with van der Waals surface area (Å²) < 4.78 is 2.20. The van der Waals surface area contributed by atoms with Crippen LogP contribution in [0.2, 0.25) is 0 Å². The van der Waals surface area contributed by atoms with E-state index >= 15 is 0 Å². The minimum absolute atomic E-state index is 0.352. The van der Waals surface area contributed by atoms with Gasteiger partial charge >= 0.3 is 0 Å². The highest BCUT2D eigenvalue weighted by Crippen LogP contribution is 2.21. The van der Waals surface area contributed by atoms with E-state index in [2.05, 4.69) is 50.2 Å². The summed E-state index contributed by atoms with van der Waals surface area (Å²) in [7, 11) is 0. The van der Waals surface area contributed by atoms with Crippen molar-refractivity contribution in [1.82, 2.24) is 5.32 Å². The van der Waals surface area contributed by atoms with Crippen molar-refractivity contribution in [2.24, 2.45) is 5.73 Å². The van der Waals surface area contributed by atoms with Crippen molar-refractivity contribution >= 4 is 31.9 Å². The maximum Gasteiger partial charge on any atom is 0.0231 e. The first-order chi connectivity index (χ1) is 6.63. The first-order valence-electron chi connectivity index (χ1n) is 4.51. The van der Waals surface area contributed by atoms with Crippen molar-refractivity contribution in [2.45, 2.75) is 19.5 Å². The lowest BCUT2D eigenvalue weighted by Gasteiger charge is -2.12. The van der Waals surface area contributed by atoms with Crippen LogP contribution < -0.4 is 11.1 Å². The molecule has 1 rings (SSSR count). The second kappa shape index (κ2) is 5.85. The van der Waals surface area contributed by atoms with E-state index in [1.165, 1.54) is 5.56 Å². The van der Waals surface area contributed by atoms with Crippen LogP contribution in [0, 0.1) is 0 Å². The molecule has 1 atom stereocenters. The van der Waals surface area contributed by atoms with Crippen LogP contribution in [0.4, 0.5) is 0 Å². The molecule has 1 aromatic carbocycles. The molecule has 3 N–H and O–H groups in total. The van der Waals surface area contributed by atoms with Crippen molar-refractivity contribution in [3.05, 3.63) is 32.7 Å². The maximum atomic E-state index is 5.52. The third-order valence-corrected chi connectivity index (χ3v) is 3.24. The van der Waals surface area contributed by atoms with Gasteiger partial charge in [0, 0.05) is 28.1 Å². The molecule has 0 saturated carbocycles. The van der Waals surface area contributed by atoms with Gasteiger partial charge in [-0.15, -0.1) is 0 Å². The Bertz CT molecular complexity index is 302. The van der Waals surface area contributed by atoms with Gasteiger partial charge in [0.15, 0.2) is 0 Å². The zero-order valence-corrected chi connectivity index (χ0v) is 11.2. The minimum atomic E-state index is 0.352. The van der Waals surface area contributed by atoms with Crippen LogP contribution in [0.25, 0.3) is 0 Å². The first-order valence-corrected chi connectivity index (χ1v) is 6.09. The molecule has 4 heteroatoms. The zero-order valence-electron chi connectivity index (χ0n) is 8.06. The summed E-state index contributed by atoms with van der Waals surface area (Å²) in [6, 6.07) is 6.52. The van der Waals surface area contributed by atoms with Gasteiger partial charge in [-0.2, -0.15) is 0 Å². The SMILES string of the molecule is CC(CN)NCc1ccc(Br)cc1Br. The van der Waals surface area contributed by atoms with E-state index in [1.807, 2.05) is 12.1 Å². The molecule has 0 bridgehead atoms. The molecule has 1 unspecified atom stereocenters. The Balaban J connectivity index is 2.59. The van der Waals surface area contributed by atoms with Crippen molar-refractivity contribution < 1.29 is 0 Å². The van der Waals surface area contributed by atoms with Gasteiger partial charge in [-0.25, -0.2) is 0 Å². The molecule has 0 saturated heterocycles. The molecule has 0 spiro atoms. The third-order valence-electron chi connectivity index (χ3n) is 2.01. The van der Waals surface area contributed by atoms with Gasteiger partial charge in [-0.05, 0) is 24.6 Å². The molecule has 0 amide bonds. The van der Waals surface area contributed by atoms with Crippen LogP contribution in [0.15, 0.2) is 27.1 Å². The lowest BCUT2D eigenvalue weighted by atomic mass is 10.2. The summed E-state index contributed by atoms with van der Waals surface area (Å²) in [4.78, 5) is 0. The van der Waals surface area contributed by atoms with E-state index in [9.17, 15) is 0 Å². The van der Waals surface area contributed by atoms with E-state index in [4.69, 9.17) is 5.73 Å². The Morgan fingerprint density at radius 2 is 2.14 bits per heavy atom. The molecule has 78 valence electrons. The number of hydrogen-bond donors (Lipinski definition) is 2. The van der Waals surface area contributed by atoms with E-state index in [1.54, 1.807) is 0 Å². The smallest absolute Gasteiger partial charge is 0.0231 e. The van der Waals surface area contributed by atoms with Crippen LogP contribution in [0.3, 0.4) is 0 Å². The highest BCUT2D eigenvalue weighted by Gasteiger charge is 2.02. The molecule has 1 aromatic rings. The van der Waals surface area contributed by atoms with Gasteiger partial charge in [0.25, 0.3) is 0 Å². The predicted molar refractivity (Wildman–Crippen MR) is 67.2 cm³/mol.